The molecular formula is C27H38Br2N4O5. The summed E-state index contributed by atoms with van der Waals surface area (Å²) < 4.78 is 5.55. The van der Waals surface area contributed by atoms with Crippen molar-refractivity contribution in [1.82, 2.24) is 20.9 Å². The molecule has 2 aliphatic rings. The van der Waals surface area contributed by atoms with Crippen molar-refractivity contribution in [3.63, 3.8) is 0 Å². The molecule has 210 valence electrons. The summed E-state index contributed by atoms with van der Waals surface area (Å²) in [6.45, 7) is 1.17. The van der Waals surface area contributed by atoms with Gasteiger partial charge in [0.25, 0.3) is 0 Å². The Morgan fingerprint density at radius 2 is 1.47 bits per heavy atom. The molecule has 11 heteroatoms. The van der Waals surface area contributed by atoms with Crippen molar-refractivity contribution in [3.05, 3.63) is 35.9 Å². The number of ether oxygens (including phenoxy) is 1. The molecule has 4 atom stereocenters. The van der Waals surface area contributed by atoms with Crippen LogP contribution in [0.4, 0.5) is 0 Å². The lowest BCUT2D eigenvalue weighted by Crippen LogP contribution is -2.61. The van der Waals surface area contributed by atoms with E-state index in [0.29, 0.717) is 37.7 Å². The molecule has 0 radical (unpaired) electrons. The summed E-state index contributed by atoms with van der Waals surface area (Å²) in [5.41, 5.74) is 0.892. The molecule has 2 fully saturated rings. The van der Waals surface area contributed by atoms with Gasteiger partial charge >= 0.3 is 0 Å². The normalized spacial score (nSPS) is 24.6. The fourth-order valence-electron chi connectivity index (χ4n) is 4.88. The number of amides is 4. The van der Waals surface area contributed by atoms with Crippen LogP contribution in [0, 0.1) is 0 Å². The Labute approximate surface area is 241 Å². The zero-order chi connectivity index (χ0) is 27.3. The van der Waals surface area contributed by atoms with E-state index in [4.69, 9.17) is 4.74 Å². The van der Waals surface area contributed by atoms with Crippen LogP contribution in [0.3, 0.4) is 0 Å². The van der Waals surface area contributed by atoms with Crippen molar-refractivity contribution in [1.29, 1.82) is 0 Å². The van der Waals surface area contributed by atoms with Crippen LogP contribution >= 0.6 is 31.9 Å². The highest BCUT2D eigenvalue weighted by Crippen LogP contribution is 2.21. The van der Waals surface area contributed by atoms with E-state index in [0.717, 1.165) is 30.2 Å². The number of benzene rings is 1. The Kier molecular flexibility index (Phi) is 13.0. The summed E-state index contributed by atoms with van der Waals surface area (Å²) in [5.74, 6) is -1.43. The van der Waals surface area contributed by atoms with Gasteiger partial charge < -0.3 is 25.6 Å². The molecule has 38 heavy (non-hydrogen) atoms. The Bertz CT molecular complexity index is 935. The summed E-state index contributed by atoms with van der Waals surface area (Å²) in [6, 6.07) is 6.24. The first-order valence-electron chi connectivity index (χ1n) is 13.4. The van der Waals surface area contributed by atoms with E-state index in [1.165, 1.54) is 0 Å². The minimum atomic E-state index is -0.903. The number of nitrogens with one attached hydrogen (secondary N) is 3. The van der Waals surface area contributed by atoms with Gasteiger partial charge in [-0.25, -0.2) is 0 Å². The summed E-state index contributed by atoms with van der Waals surface area (Å²) in [6.07, 6.45) is 4.81. The van der Waals surface area contributed by atoms with E-state index in [1.807, 2.05) is 30.3 Å². The van der Waals surface area contributed by atoms with E-state index in [-0.39, 0.29) is 31.3 Å². The average Bonchev–Trinajstić information content (AvgIpc) is 3.41. The maximum absolute atomic E-state index is 13.7. The molecule has 3 rings (SSSR count). The van der Waals surface area contributed by atoms with Gasteiger partial charge in [-0.1, -0.05) is 75.0 Å². The molecule has 9 nitrogen and oxygen atoms in total. The van der Waals surface area contributed by atoms with Crippen LogP contribution in [-0.4, -0.2) is 83.1 Å². The molecule has 0 aliphatic carbocycles. The van der Waals surface area contributed by atoms with Crippen molar-refractivity contribution in [2.24, 2.45) is 0 Å². The van der Waals surface area contributed by atoms with Crippen molar-refractivity contribution in [2.75, 3.05) is 30.4 Å². The van der Waals surface area contributed by atoms with Crippen molar-refractivity contribution >= 4 is 55.5 Å². The number of halogens is 2. The monoisotopic (exact) mass is 656 g/mol. The van der Waals surface area contributed by atoms with Crippen LogP contribution in [0.5, 0.6) is 0 Å². The molecule has 0 aromatic heterocycles. The molecule has 2 saturated heterocycles. The SMILES string of the molecule is O=C1N[C@H](CCOCCBr)C(=O)N[C@@H](Cc2ccccc2)C(=O)N2CCC[C@@H]2C(=O)N[C@H]1CCCCCBr. The topological polar surface area (TPSA) is 117 Å². The number of hydrogen-bond acceptors (Lipinski definition) is 5. The zero-order valence-corrected chi connectivity index (χ0v) is 24.8. The van der Waals surface area contributed by atoms with Crippen molar-refractivity contribution in [2.45, 2.75) is 75.5 Å². The van der Waals surface area contributed by atoms with Gasteiger partial charge in [-0.3, -0.25) is 19.2 Å². The van der Waals surface area contributed by atoms with E-state index in [2.05, 4.69) is 47.8 Å². The minimum absolute atomic E-state index is 0.243. The third kappa shape index (κ3) is 9.05. The Morgan fingerprint density at radius 3 is 2.18 bits per heavy atom. The summed E-state index contributed by atoms with van der Waals surface area (Å²) in [5, 5.41) is 10.2. The highest BCUT2D eigenvalue weighted by atomic mass is 79.9. The standard InChI is InChI=1S/C27H38Br2N4O5/c28-13-6-2-5-10-20-24(34)30-21(12-16-38-17-14-29)25(35)32-22(18-19-8-3-1-4-9-19)27(37)33-15-7-11-23(33)26(36)31-20/h1,3-4,8-9,20-23H,2,5-7,10-18H2,(H,30,34)(H,31,36)(H,32,35)/t20-,21+,22-,23+/m0/s1. The molecule has 0 bridgehead atoms. The van der Waals surface area contributed by atoms with Gasteiger partial charge in [0.2, 0.25) is 23.6 Å². The fraction of sp³-hybridized carbons (Fsp3) is 0.630. The lowest BCUT2D eigenvalue weighted by Gasteiger charge is -2.32. The van der Waals surface area contributed by atoms with E-state index in [1.54, 1.807) is 4.90 Å². The second-order valence-electron chi connectivity index (χ2n) is 9.69. The second kappa shape index (κ2) is 16.2. The summed E-state index contributed by atoms with van der Waals surface area (Å²) >= 11 is 6.73. The molecular weight excluding hydrogens is 620 g/mol. The predicted octanol–water partition coefficient (Wildman–Crippen LogP) is 2.44. The van der Waals surface area contributed by atoms with Crippen LogP contribution in [0.15, 0.2) is 30.3 Å². The molecule has 3 N–H and O–H groups in total. The van der Waals surface area contributed by atoms with Crippen molar-refractivity contribution < 1.29 is 23.9 Å². The summed E-state index contributed by atoms with van der Waals surface area (Å²) in [7, 11) is 0. The van der Waals surface area contributed by atoms with E-state index in [9.17, 15) is 19.2 Å². The molecule has 0 unspecified atom stereocenters. The molecule has 2 aliphatic heterocycles. The fourth-order valence-corrected chi connectivity index (χ4v) is 5.51. The van der Waals surface area contributed by atoms with Crippen molar-refractivity contribution in [3.8, 4) is 0 Å². The largest absolute Gasteiger partial charge is 0.380 e. The van der Waals surface area contributed by atoms with Crippen LogP contribution in [0.25, 0.3) is 0 Å². The number of fused-ring (bicyclic) bond motifs is 1. The number of carbonyl (C=O) groups excluding carboxylic acids is 4. The predicted molar refractivity (Wildman–Crippen MR) is 152 cm³/mol. The van der Waals surface area contributed by atoms with Gasteiger partial charge in [0, 0.05) is 30.2 Å². The average molecular weight is 658 g/mol. The van der Waals surface area contributed by atoms with E-state index < -0.39 is 36.0 Å². The van der Waals surface area contributed by atoms with Crippen LogP contribution in [-0.2, 0) is 30.3 Å². The Morgan fingerprint density at radius 1 is 0.789 bits per heavy atom. The molecule has 4 amide bonds. The van der Waals surface area contributed by atoms with Gasteiger partial charge in [-0.15, -0.1) is 0 Å². The maximum atomic E-state index is 13.7. The molecule has 1 aromatic rings. The number of rotatable bonds is 12. The number of carbonyl (C=O) groups is 4. The molecule has 0 spiro atoms. The quantitative estimate of drug-likeness (QED) is 0.236. The highest BCUT2D eigenvalue weighted by molar-refractivity contribution is 9.09. The van der Waals surface area contributed by atoms with E-state index >= 15 is 0 Å². The first-order valence-corrected chi connectivity index (χ1v) is 15.6. The van der Waals surface area contributed by atoms with Gasteiger partial charge in [0.1, 0.15) is 24.2 Å². The third-order valence-corrected chi connectivity index (χ3v) is 7.78. The van der Waals surface area contributed by atoms with Crippen LogP contribution in [0.1, 0.15) is 50.5 Å². The number of hydrogen-bond donors (Lipinski definition) is 3. The zero-order valence-electron chi connectivity index (χ0n) is 21.6. The smallest absolute Gasteiger partial charge is 0.246 e. The maximum Gasteiger partial charge on any atom is 0.246 e. The Hall–Kier alpha value is -1.98. The third-order valence-electron chi connectivity index (χ3n) is 6.90. The summed E-state index contributed by atoms with van der Waals surface area (Å²) in [4.78, 5) is 55.5. The number of nitrogens with zero attached hydrogens (tertiary/aromatic N) is 1. The van der Waals surface area contributed by atoms with Gasteiger partial charge in [-0.05, 0) is 37.7 Å². The number of unbranched alkanes of at least 4 members (excludes halogenated alkanes) is 2. The number of alkyl halides is 2. The lowest BCUT2D eigenvalue weighted by atomic mass is 10.0. The Balaban J connectivity index is 1.87. The van der Waals surface area contributed by atoms with Gasteiger partial charge in [0.05, 0.1) is 6.61 Å². The molecule has 2 heterocycles. The van der Waals surface area contributed by atoms with Gasteiger partial charge in [-0.2, -0.15) is 0 Å². The molecule has 0 saturated carbocycles. The first-order chi connectivity index (χ1) is 18.4. The molecule has 1 aromatic carbocycles. The second-order valence-corrected chi connectivity index (χ2v) is 11.3. The minimum Gasteiger partial charge on any atom is -0.380 e. The van der Waals surface area contributed by atoms with Gasteiger partial charge in [0.15, 0.2) is 0 Å². The first kappa shape index (κ1) is 30.6. The highest BCUT2D eigenvalue weighted by Gasteiger charge is 2.40. The van der Waals surface area contributed by atoms with Crippen LogP contribution in [0.2, 0.25) is 0 Å². The lowest BCUT2D eigenvalue weighted by molar-refractivity contribution is -0.143. The van der Waals surface area contributed by atoms with Crippen LogP contribution < -0.4 is 16.0 Å².